The molecule has 0 amide bonds. The number of rotatable bonds is 6. The molecule has 5 aromatic carbocycles. The van der Waals surface area contributed by atoms with Crippen molar-refractivity contribution in [3.8, 4) is 67.8 Å². The fraction of sp³-hybridized carbons (Fsp3) is 0. The molecular formula is C38H26N4. The molecule has 4 heteroatoms. The van der Waals surface area contributed by atoms with Gasteiger partial charge in [0, 0.05) is 33.4 Å². The third kappa shape index (κ3) is 5.34. The lowest BCUT2D eigenvalue weighted by molar-refractivity contribution is 1.18. The first-order valence-corrected chi connectivity index (χ1v) is 13.9. The van der Waals surface area contributed by atoms with Gasteiger partial charge in [0.2, 0.25) is 0 Å². The van der Waals surface area contributed by atoms with Gasteiger partial charge in [-0.2, -0.15) is 0 Å². The molecule has 7 rings (SSSR count). The smallest absolute Gasteiger partial charge is 0.160 e. The highest BCUT2D eigenvalue weighted by Crippen LogP contribution is 2.31. The lowest BCUT2D eigenvalue weighted by Gasteiger charge is -2.11. The molecule has 7 aromatic rings. The molecule has 0 unspecified atom stereocenters. The van der Waals surface area contributed by atoms with E-state index in [0.29, 0.717) is 11.6 Å². The van der Waals surface area contributed by atoms with Crippen LogP contribution in [0, 0.1) is 0 Å². The summed E-state index contributed by atoms with van der Waals surface area (Å²) in [5.41, 5.74) is 9.59. The minimum atomic E-state index is 0.680. The normalized spacial score (nSPS) is 10.9. The van der Waals surface area contributed by atoms with Crippen LogP contribution in [0.15, 0.2) is 158 Å². The first-order valence-electron chi connectivity index (χ1n) is 13.9. The van der Waals surface area contributed by atoms with Crippen LogP contribution in [-0.2, 0) is 0 Å². The van der Waals surface area contributed by atoms with E-state index >= 15 is 0 Å². The number of aromatic nitrogens is 4. The zero-order chi connectivity index (χ0) is 28.1. The van der Waals surface area contributed by atoms with Crippen LogP contribution in [0.25, 0.3) is 67.8 Å². The Bertz CT molecular complexity index is 1680. The molecule has 0 spiro atoms. The monoisotopic (exact) mass is 538 g/mol. The van der Waals surface area contributed by atoms with Gasteiger partial charge in [-0.25, -0.2) is 19.9 Å². The lowest BCUT2D eigenvalue weighted by Crippen LogP contribution is -1.97. The van der Waals surface area contributed by atoms with Gasteiger partial charge >= 0.3 is 0 Å². The minimum Gasteiger partial charge on any atom is -0.228 e. The van der Waals surface area contributed by atoms with Crippen LogP contribution in [0.2, 0.25) is 0 Å². The van der Waals surface area contributed by atoms with E-state index in [9.17, 15) is 0 Å². The van der Waals surface area contributed by atoms with Crippen LogP contribution < -0.4 is 0 Å². The van der Waals surface area contributed by atoms with Crippen molar-refractivity contribution in [2.45, 2.75) is 0 Å². The van der Waals surface area contributed by atoms with Gasteiger partial charge in [0.05, 0.1) is 22.8 Å². The van der Waals surface area contributed by atoms with Gasteiger partial charge in [0.15, 0.2) is 11.6 Å². The number of nitrogens with zero attached hydrogens (tertiary/aromatic N) is 4. The van der Waals surface area contributed by atoms with Gasteiger partial charge in [-0.05, 0) is 12.1 Å². The van der Waals surface area contributed by atoms with Crippen LogP contribution in [0.1, 0.15) is 0 Å². The summed E-state index contributed by atoms with van der Waals surface area (Å²) < 4.78 is 0. The predicted molar refractivity (Wildman–Crippen MR) is 170 cm³/mol. The molecule has 0 aliphatic rings. The van der Waals surface area contributed by atoms with Crippen molar-refractivity contribution >= 4 is 0 Å². The molecule has 198 valence electrons. The minimum absolute atomic E-state index is 0.680. The second-order valence-corrected chi connectivity index (χ2v) is 9.97. The maximum Gasteiger partial charge on any atom is 0.160 e. The maximum atomic E-state index is 4.97. The zero-order valence-electron chi connectivity index (χ0n) is 22.8. The molecule has 0 radical (unpaired) electrons. The van der Waals surface area contributed by atoms with Crippen molar-refractivity contribution in [3.05, 3.63) is 158 Å². The summed E-state index contributed by atoms with van der Waals surface area (Å²) in [6, 6.07) is 53.2. The van der Waals surface area contributed by atoms with Crippen molar-refractivity contribution in [1.82, 2.24) is 19.9 Å². The van der Waals surface area contributed by atoms with Crippen molar-refractivity contribution < 1.29 is 0 Å². The maximum absolute atomic E-state index is 4.97. The van der Waals surface area contributed by atoms with Crippen LogP contribution in [0.5, 0.6) is 0 Å². The average Bonchev–Trinajstić information content (AvgIpc) is 3.09. The highest BCUT2D eigenvalue weighted by Gasteiger charge is 2.13. The fourth-order valence-electron chi connectivity index (χ4n) is 4.95. The standard InChI is InChI=1S/C38H26N4/c1-5-13-27(14-6-1)33-25-34(28-15-7-2-8-16-28)41-38(40-33)32-23-21-30(22-24-32)36-26-35(29-17-9-3-10-18-29)39-37(42-36)31-19-11-4-12-20-31/h1-26H. The molecule has 0 bridgehead atoms. The first-order chi connectivity index (χ1) is 20.8. The Morgan fingerprint density at radius 1 is 0.238 bits per heavy atom. The highest BCUT2D eigenvalue weighted by molar-refractivity contribution is 5.75. The Labute approximate surface area is 245 Å². The summed E-state index contributed by atoms with van der Waals surface area (Å²) in [6.07, 6.45) is 0. The van der Waals surface area contributed by atoms with E-state index in [-0.39, 0.29) is 0 Å². The quantitative estimate of drug-likeness (QED) is 0.212. The molecule has 4 nitrogen and oxygen atoms in total. The van der Waals surface area contributed by atoms with E-state index in [0.717, 1.165) is 56.2 Å². The van der Waals surface area contributed by atoms with Gasteiger partial charge in [-0.3, -0.25) is 0 Å². The van der Waals surface area contributed by atoms with Gasteiger partial charge in [0.1, 0.15) is 0 Å². The predicted octanol–water partition coefficient (Wildman–Crippen LogP) is 9.27. The molecule has 2 heterocycles. The van der Waals surface area contributed by atoms with E-state index in [1.165, 1.54) is 0 Å². The van der Waals surface area contributed by atoms with E-state index in [2.05, 4.69) is 72.8 Å². The molecule has 42 heavy (non-hydrogen) atoms. The summed E-state index contributed by atoms with van der Waals surface area (Å²) in [6.45, 7) is 0. The molecule has 2 aromatic heterocycles. The van der Waals surface area contributed by atoms with Crippen molar-refractivity contribution in [2.24, 2.45) is 0 Å². The Morgan fingerprint density at radius 3 is 0.810 bits per heavy atom. The highest BCUT2D eigenvalue weighted by atomic mass is 14.9. The SMILES string of the molecule is c1ccc(-c2cc(-c3ccc(-c4nc(-c5ccccc5)cc(-c5ccccc5)n4)cc3)nc(-c3ccccc3)n2)cc1. The van der Waals surface area contributed by atoms with Gasteiger partial charge in [0.25, 0.3) is 0 Å². The van der Waals surface area contributed by atoms with E-state index in [1.54, 1.807) is 0 Å². The van der Waals surface area contributed by atoms with E-state index in [4.69, 9.17) is 19.9 Å². The summed E-state index contributed by atoms with van der Waals surface area (Å²) in [5.74, 6) is 1.38. The summed E-state index contributed by atoms with van der Waals surface area (Å²) in [4.78, 5) is 19.8. The largest absolute Gasteiger partial charge is 0.228 e. The molecule has 0 saturated carbocycles. The number of hydrogen-bond donors (Lipinski definition) is 0. The Morgan fingerprint density at radius 2 is 0.476 bits per heavy atom. The average molecular weight is 539 g/mol. The third-order valence-corrected chi connectivity index (χ3v) is 7.13. The molecule has 0 saturated heterocycles. The second kappa shape index (κ2) is 11.4. The molecular weight excluding hydrogens is 512 g/mol. The Kier molecular flexibility index (Phi) is 6.85. The second-order valence-electron chi connectivity index (χ2n) is 9.97. The van der Waals surface area contributed by atoms with Crippen molar-refractivity contribution in [3.63, 3.8) is 0 Å². The molecule has 0 aliphatic heterocycles. The lowest BCUT2D eigenvalue weighted by atomic mass is 10.0. The third-order valence-electron chi connectivity index (χ3n) is 7.13. The van der Waals surface area contributed by atoms with Crippen LogP contribution >= 0.6 is 0 Å². The van der Waals surface area contributed by atoms with Crippen LogP contribution in [-0.4, -0.2) is 19.9 Å². The van der Waals surface area contributed by atoms with E-state index < -0.39 is 0 Å². The zero-order valence-corrected chi connectivity index (χ0v) is 22.8. The van der Waals surface area contributed by atoms with Crippen LogP contribution in [0.3, 0.4) is 0 Å². The van der Waals surface area contributed by atoms with Crippen LogP contribution in [0.4, 0.5) is 0 Å². The fourth-order valence-corrected chi connectivity index (χ4v) is 4.95. The van der Waals surface area contributed by atoms with Gasteiger partial charge in [-0.1, -0.05) is 146 Å². The first kappa shape index (κ1) is 25.2. The van der Waals surface area contributed by atoms with Gasteiger partial charge in [-0.15, -0.1) is 0 Å². The molecule has 0 N–H and O–H groups in total. The Balaban J connectivity index is 1.31. The summed E-state index contributed by atoms with van der Waals surface area (Å²) >= 11 is 0. The van der Waals surface area contributed by atoms with E-state index in [1.807, 2.05) is 84.9 Å². The number of benzene rings is 5. The summed E-state index contributed by atoms with van der Waals surface area (Å²) in [7, 11) is 0. The topological polar surface area (TPSA) is 51.6 Å². The molecule has 0 aliphatic carbocycles. The Hall–Kier alpha value is -5.74. The van der Waals surface area contributed by atoms with Crippen molar-refractivity contribution in [1.29, 1.82) is 0 Å². The summed E-state index contributed by atoms with van der Waals surface area (Å²) in [5, 5.41) is 0. The molecule has 0 atom stereocenters. The number of hydrogen-bond acceptors (Lipinski definition) is 4. The van der Waals surface area contributed by atoms with Crippen molar-refractivity contribution in [2.75, 3.05) is 0 Å². The molecule has 0 fully saturated rings. The van der Waals surface area contributed by atoms with Gasteiger partial charge < -0.3 is 0 Å².